The number of guanidine groups is 1. The van der Waals surface area contributed by atoms with Gasteiger partial charge in [0.15, 0.2) is 5.96 Å². The average molecular weight is 426 g/mol. The summed E-state index contributed by atoms with van der Waals surface area (Å²) in [5.74, 6) is 0.883. The molecule has 2 heterocycles. The Labute approximate surface area is 149 Å². The highest BCUT2D eigenvalue weighted by atomic mass is 127. The van der Waals surface area contributed by atoms with E-state index in [4.69, 9.17) is 9.47 Å². The Kier molecular flexibility index (Phi) is 8.84. The van der Waals surface area contributed by atoms with Crippen LogP contribution in [0.2, 0.25) is 0 Å². The summed E-state index contributed by atoms with van der Waals surface area (Å²) in [4.78, 5) is 19.9. The molecular formula is C14H27IN4O3. The van der Waals surface area contributed by atoms with Crippen molar-refractivity contribution in [2.24, 2.45) is 4.99 Å². The standard InChI is InChI=1S/C14H26N4O3.HI/c1-3-20-14(19)18-8-6-17(7-9-18)13(15-2)16-11-12-5-4-10-21-12;/h12H,3-11H2,1-2H3,(H,15,16);1H. The van der Waals surface area contributed by atoms with Crippen LogP contribution in [0, 0.1) is 0 Å². The van der Waals surface area contributed by atoms with Gasteiger partial charge in [0.2, 0.25) is 0 Å². The molecule has 0 aromatic heterocycles. The van der Waals surface area contributed by atoms with Crippen LogP contribution in [0.5, 0.6) is 0 Å². The van der Waals surface area contributed by atoms with E-state index in [1.165, 1.54) is 0 Å². The zero-order chi connectivity index (χ0) is 15.1. The van der Waals surface area contributed by atoms with E-state index in [9.17, 15) is 4.79 Å². The van der Waals surface area contributed by atoms with Gasteiger partial charge in [-0.2, -0.15) is 0 Å². The number of aliphatic imine (C=N–C) groups is 1. The van der Waals surface area contributed by atoms with Crippen molar-refractivity contribution in [3.63, 3.8) is 0 Å². The topological polar surface area (TPSA) is 66.4 Å². The quantitative estimate of drug-likeness (QED) is 0.417. The van der Waals surface area contributed by atoms with Crippen LogP contribution in [0.4, 0.5) is 4.79 Å². The van der Waals surface area contributed by atoms with Crippen LogP contribution in [0.25, 0.3) is 0 Å². The molecule has 7 nitrogen and oxygen atoms in total. The molecule has 2 fully saturated rings. The molecule has 0 aromatic rings. The van der Waals surface area contributed by atoms with Crippen LogP contribution in [0.15, 0.2) is 4.99 Å². The number of hydrogen-bond acceptors (Lipinski definition) is 4. The summed E-state index contributed by atoms with van der Waals surface area (Å²) in [5.41, 5.74) is 0. The number of carbonyl (C=O) groups is 1. The van der Waals surface area contributed by atoms with E-state index in [1.54, 1.807) is 11.9 Å². The van der Waals surface area contributed by atoms with Crippen LogP contribution in [0.1, 0.15) is 19.8 Å². The van der Waals surface area contributed by atoms with Gasteiger partial charge in [-0.3, -0.25) is 4.99 Å². The van der Waals surface area contributed by atoms with Crippen molar-refractivity contribution < 1.29 is 14.3 Å². The first kappa shape index (κ1) is 19.3. The Hall–Kier alpha value is -0.770. The van der Waals surface area contributed by atoms with Crippen LogP contribution in [-0.4, -0.2) is 80.9 Å². The fourth-order valence-electron chi connectivity index (χ4n) is 2.66. The van der Waals surface area contributed by atoms with Gasteiger partial charge in [0, 0.05) is 46.4 Å². The monoisotopic (exact) mass is 426 g/mol. The molecule has 1 unspecified atom stereocenters. The van der Waals surface area contributed by atoms with Crippen LogP contribution >= 0.6 is 24.0 Å². The Morgan fingerprint density at radius 2 is 2.00 bits per heavy atom. The number of ether oxygens (including phenoxy) is 2. The third-order valence-electron chi connectivity index (χ3n) is 3.83. The number of rotatable bonds is 3. The molecule has 8 heteroatoms. The van der Waals surface area contributed by atoms with Gasteiger partial charge in [-0.1, -0.05) is 0 Å². The molecule has 2 aliphatic heterocycles. The summed E-state index contributed by atoms with van der Waals surface area (Å²) in [6, 6.07) is 0. The van der Waals surface area contributed by atoms with E-state index < -0.39 is 0 Å². The lowest BCUT2D eigenvalue weighted by Gasteiger charge is -2.36. The van der Waals surface area contributed by atoms with Crippen LogP contribution < -0.4 is 5.32 Å². The molecule has 1 atom stereocenters. The Morgan fingerprint density at radius 3 is 2.55 bits per heavy atom. The second kappa shape index (κ2) is 10.1. The number of amides is 1. The van der Waals surface area contributed by atoms with Crippen LogP contribution in [0.3, 0.4) is 0 Å². The number of halogens is 1. The summed E-state index contributed by atoms with van der Waals surface area (Å²) in [5, 5.41) is 3.37. The number of piperazine rings is 1. The van der Waals surface area contributed by atoms with Gasteiger partial charge in [-0.05, 0) is 19.8 Å². The predicted octanol–water partition coefficient (Wildman–Crippen LogP) is 1.13. The highest BCUT2D eigenvalue weighted by Crippen LogP contribution is 2.11. The Morgan fingerprint density at radius 1 is 1.32 bits per heavy atom. The van der Waals surface area contributed by atoms with Gasteiger partial charge < -0.3 is 24.6 Å². The minimum atomic E-state index is -0.223. The van der Waals surface area contributed by atoms with Crippen molar-refractivity contribution >= 4 is 36.0 Å². The molecule has 2 rings (SSSR count). The molecular weight excluding hydrogens is 399 g/mol. The second-order valence-corrected chi connectivity index (χ2v) is 5.24. The van der Waals surface area contributed by atoms with Gasteiger partial charge in [-0.15, -0.1) is 24.0 Å². The maximum absolute atomic E-state index is 11.7. The first-order valence-corrected chi connectivity index (χ1v) is 7.73. The Bertz CT molecular complexity index is 367. The van der Waals surface area contributed by atoms with E-state index >= 15 is 0 Å². The Balaban J connectivity index is 0.00000242. The molecule has 128 valence electrons. The van der Waals surface area contributed by atoms with Gasteiger partial charge in [0.1, 0.15) is 0 Å². The maximum atomic E-state index is 11.7. The number of carbonyl (C=O) groups excluding carboxylic acids is 1. The lowest BCUT2D eigenvalue weighted by atomic mass is 10.2. The normalized spacial score (nSPS) is 22.3. The molecule has 22 heavy (non-hydrogen) atoms. The lowest BCUT2D eigenvalue weighted by molar-refractivity contribution is 0.0907. The van der Waals surface area contributed by atoms with Crippen molar-refractivity contribution in [2.75, 3.05) is 53.0 Å². The minimum Gasteiger partial charge on any atom is -0.450 e. The number of nitrogens with one attached hydrogen (secondary N) is 1. The van der Waals surface area contributed by atoms with Gasteiger partial charge in [0.05, 0.1) is 12.7 Å². The van der Waals surface area contributed by atoms with E-state index in [0.29, 0.717) is 25.8 Å². The highest BCUT2D eigenvalue weighted by Gasteiger charge is 2.24. The van der Waals surface area contributed by atoms with E-state index in [2.05, 4.69) is 15.2 Å². The third kappa shape index (κ3) is 5.45. The average Bonchev–Trinajstić information content (AvgIpc) is 3.02. The fraction of sp³-hybridized carbons (Fsp3) is 0.857. The zero-order valence-corrected chi connectivity index (χ0v) is 15.7. The maximum Gasteiger partial charge on any atom is 0.409 e. The summed E-state index contributed by atoms with van der Waals surface area (Å²) in [7, 11) is 1.79. The zero-order valence-electron chi connectivity index (χ0n) is 13.4. The van der Waals surface area contributed by atoms with Gasteiger partial charge >= 0.3 is 6.09 Å². The summed E-state index contributed by atoms with van der Waals surface area (Å²) >= 11 is 0. The minimum absolute atomic E-state index is 0. The van der Waals surface area contributed by atoms with Gasteiger partial charge in [0.25, 0.3) is 0 Å². The van der Waals surface area contributed by atoms with E-state index in [1.807, 2.05) is 6.92 Å². The van der Waals surface area contributed by atoms with Crippen molar-refractivity contribution in [2.45, 2.75) is 25.9 Å². The fourth-order valence-corrected chi connectivity index (χ4v) is 2.66. The molecule has 0 bridgehead atoms. The van der Waals surface area contributed by atoms with E-state index in [-0.39, 0.29) is 30.1 Å². The molecule has 0 saturated carbocycles. The number of hydrogen-bond donors (Lipinski definition) is 1. The largest absolute Gasteiger partial charge is 0.450 e. The summed E-state index contributed by atoms with van der Waals surface area (Å²) < 4.78 is 10.6. The third-order valence-corrected chi connectivity index (χ3v) is 3.83. The predicted molar refractivity (Wildman–Crippen MR) is 95.9 cm³/mol. The lowest BCUT2D eigenvalue weighted by Crippen LogP contribution is -2.54. The smallest absolute Gasteiger partial charge is 0.409 e. The van der Waals surface area contributed by atoms with Crippen molar-refractivity contribution in [3.05, 3.63) is 0 Å². The van der Waals surface area contributed by atoms with E-state index in [0.717, 1.165) is 45.0 Å². The second-order valence-electron chi connectivity index (χ2n) is 5.24. The van der Waals surface area contributed by atoms with Gasteiger partial charge in [-0.25, -0.2) is 4.79 Å². The van der Waals surface area contributed by atoms with Crippen molar-refractivity contribution in [3.8, 4) is 0 Å². The molecule has 0 spiro atoms. The molecule has 0 aliphatic carbocycles. The van der Waals surface area contributed by atoms with Crippen molar-refractivity contribution in [1.82, 2.24) is 15.1 Å². The molecule has 1 N–H and O–H groups in total. The van der Waals surface area contributed by atoms with Crippen molar-refractivity contribution in [1.29, 1.82) is 0 Å². The molecule has 2 saturated heterocycles. The molecule has 0 aromatic carbocycles. The van der Waals surface area contributed by atoms with Crippen LogP contribution in [-0.2, 0) is 9.47 Å². The molecule has 0 radical (unpaired) electrons. The highest BCUT2D eigenvalue weighted by molar-refractivity contribution is 14.0. The number of nitrogens with zero attached hydrogens (tertiary/aromatic N) is 3. The summed E-state index contributed by atoms with van der Waals surface area (Å²) in [6.45, 7) is 6.77. The first-order valence-electron chi connectivity index (χ1n) is 7.73. The summed E-state index contributed by atoms with van der Waals surface area (Å²) in [6.07, 6.45) is 2.33. The molecule has 1 amide bonds. The molecule has 2 aliphatic rings. The first-order chi connectivity index (χ1) is 10.2. The SMILES string of the molecule is CCOC(=O)N1CCN(C(=NC)NCC2CCCO2)CC1.I.